The number of benzene rings is 1. The summed E-state index contributed by atoms with van der Waals surface area (Å²) in [5.41, 5.74) is 3.12. The smallest absolute Gasteiger partial charge is 0.223 e. The Morgan fingerprint density at radius 3 is 2.27 bits per heavy atom. The van der Waals surface area contributed by atoms with Gasteiger partial charge in [0.15, 0.2) is 0 Å². The van der Waals surface area contributed by atoms with Crippen molar-refractivity contribution < 1.29 is 9.59 Å². The molecule has 0 radical (unpaired) electrons. The minimum absolute atomic E-state index is 0.0290. The Morgan fingerprint density at radius 1 is 1.14 bits per heavy atom. The molecule has 1 aromatic carbocycles. The van der Waals surface area contributed by atoms with Gasteiger partial charge in [-0.25, -0.2) is 0 Å². The molecule has 0 heterocycles. The van der Waals surface area contributed by atoms with Crippen molar-refractivity contribution in [2.24, 2.45) is 0 Å². The first kappa shape index (κ1) is 16.5. The van der Waals surface area contributed by atoms with Gasteiger partial charge in [-0.15, -0.1) is 0 Å². The average Bonchev–Trinajstić information content (AvgIpc) is 2.90. The summed E-state index contributed by atoms with van der Waals surface area (Å²) in [6, 6.07) is 6.39. The van der Waals surface area contributed by atoms with Crippen molar-refractivity contribution in [3.8, 4) is 0 Å². The van der Waals surface area contributed by atoms with Gasteiger partial charge in [0.1, 0.15) is 0 Å². The van der Waals surface area contributed by atoms with Crippen LogP contribution in [-0.4, -0.2) is 24.4 Å². The van der Waals surface area contributed by atoms with Gasteiger partial charge in [0.05, 0.1) is 0 Å². The predicted octanol–water partition coefficient (Wildman–Crippen LogP) is 3.11. The van der Waals surface area contributed by atoms with Crippen LogP contribution in [0.1, 0.15) is 50.2 Å². The number of hydrogen-bond acceptors (Lipinski definition) is 2. The fraction of sp³-hybridized carbons (Fsp3) is 0.556. The summed E-state index contributed by atoms with van der Waals surface area (Å²) in [6.45, 7) is 6.01. The van der Waals surface area contributed by atoms with Crippen LogP contribution in [0.3, 0.4) is 0 Å². The number of nitrogens with zero attached hydrogens (tertiary/aromatic N) is 1. The zero-order valence-electron chi connectivity index (χ0n) is 13.8. The second-order valence-electron chi connectivity index (χ2n) is 6.32. The maximum Gasteiger partial charge on any atom is 0.223 e. The van der Waals surface area contributed by atoms with Crippen molar-refractivity contribution in [1.82, 2.24) is 5.32 Å². The molecule has 4 nitrogen and oxygen atoms in total. The summed E-state index contributed by atoms with van der Waals surface area (Å²) in [6.07, 6.45) is 4.92. The first-order chi connectivity index (χ1) is 10.5. The van der Waals surface area contributed by atoms with Crippen LogP contribution in [0.2, 0.25) is 0 Å². The standard InChI is InChI=1S/C18H26N2O2/c1-13-10-14(2)12-17(11-13)20(15(3)21)9-8-18(22)19-16-6-4-5-7-16/h10-12,16H,4-9H2,1-3H3,(H,19,22). The third-order valence-electron chi connectivity index (χ3n) is 4.18. The van der Waals surface area contributed by atoms with Crippen LogP contribution < -0.4 is 10.2 Å². The highest BCUT2D eigenvalue weighted by molar-refractivity contribution is 5.92. The summed E-state index contributed by atoms with van der Waals surface area (Å²) in [5.74, 6) is 0.0150. The number of anilines is 1. The number of rotatable bonds is 5. The highest BCUT2D eigenvalue weighted by atomic mass is 16.2. The molecule has 1 aliphatic carbocycles. The van der Waals surface area contributed by atoms with Crippen LogP contribution in [0.4, 0.5) is 5.69 Å². The van der Waals surface area contributed by atoms with Crippen molar-refractivity contribution >= 4 is 17.5 Å². The fourth-order valence-corrected chi connectivity index (χ4v) is 3.16. The third-order valence-corrected chi connectivity index (χ3v) is 4.18. The highest BCUT2D eigenvalue weighted by Gasteiger charge is 2.18. The lowest BCUT2D eigenvalue weighted by Crippen LogP contribution is -2.37. The Balaban J connectivity index is 1.96. The maximum absolute atomic E-state index is 12.0. The Morgan fingerprint density at radius 2 is 1.73 bits per heavy atom. The Bertz CT molecular complexity index is 528. The number of carbonyl (C=O) groups is 2. The lowest BCUT2D eigenvalue weighted by molar-refractivity contribution is -0.121. The normalized spacial score (nSPS) is 14.9. The van der Waals surface area contributed by atoms with E-state index in [9.17, 15) is 9.59 Å². The van der Waals surface area contributed by atoms with Crippen LogP contribution in [0.15, 0.2) is 18.2 Å². The molecule has 22 heavy (non-hydrogen) atoms. The van der Waals surface area contributed by atoms with E-state index >= 15 is 0 Å². The van der Waals surface area contributed by atoms with Gasteiger partial charge in [-0.3, -0.25) is 9.59 Å². The van der Waals surface area contributed by atoms with Gasteiger partial charge < -0.3 is 10.2 Å². The molecule has 120 valence electrons. The molecule has 0 bridgehead atoms. The van der Waals surface area contributed by atoms with E-state index in [1.165, 1.54) is 12.8 Å². The number of amides is 2. The molecule has 0 unspecified atom stereocenters. The first-order valence-corrected chi connectivity index (χ1v) is 8.11. The summed E-state index contributed by atoms with van der Waals surface area (Å²) in [5, 5.41) is 3.07. The Kier molecular flexibility index (Phi) is 5.58. The molecule has 1 aliphatic rings. The quantitative estimate of drug-likeness (QED) is 0.908. The molecule has 1 aromatic rings. The highest BCUT2D eigenvalue weighted by Crippen LogP contribution is 2.20. The van der Waals surface area contributed by atoms with Crippen molar-refractivity contribution in [1.29, 1.82) is 0 Å². The lowest BCUT2D eigenvalue weighted by atomic mass is 10.1. The second kappa shape index (κ2) is 7.43. The lowest BCUT2D eigenvalue weighted by Gasteiger charge is -2.22. The van der Waals surface area contributed by atoms with E-state index in [1.54, 1.807) is 11.8 Å². The zero-order chi connectivity index (χ0) is 16.1. The SMILES string of the molecule is CC(=O)N(CCC(=O)NC1CCCC1)c1cc(C)cc(C)c1. The largest absolute Gasteiger partial charge is 0.353 e. The van der Waals surface area contributed by atoms with Gasteiger partial charge >= 0.3 is 0 Å². The Hall–Kier alpha value is -1.84. The molecule has 0 atom stereocenters. The first-order valence-electron chi connectivity index (χ1n) is 8.11. The minimum atomic E-state index is -0.0290. The summed E-state index contributed by atoms with van der Waals surface area (Å²) in [7, 11) is 0. The van der Waals surface area contributed by atoms with Crippen molar-refractivity contribution in [2.45, 2.75) is 58.9 Å². The van der Waals surface area contributed by atoms with E-state index in [0.717, 1.165) is 29.7 Å². The van der Waals surface area contributed by atoms with Crippen LogP contribution in [-0.2, 0) is 9.59 Å². The molecule has 1 N–H and O–H groups in total. The van der Waals surface area contributed by atoms with Gasteiger partial charge in [-0.2, -0.15) is 0 Å². The number of nitrogens with one attached hydrogen (secondary N) is 1. The molecule has 0 aromatic heterocycles. The Labute approximate surface area is 132 Å². The fourth-order valence-electron chi connectivity index (χ4n) is 3.16. The van der Waals surface area contributed by atoms with Gasteiger partial charge in [0.25, 0.3) is 0 Å². The van der Waals surface area contributed by atoms with Crippen molar-refractivity contribution in [3.63, 3.8) is 0 Å². The molecule has 1 saturated carbocycles. The second-order valence-corrected chi connectivity index (χ2v) is 6.32. The molecule has 0 saturated heterocycles. The maximum atomic E-state index is 12.0. The van der Waals surface area contributed by atoms with E-state index in [-0.39, 0.29) is 11.8 Å². The van der Waals surface area contributed by atoms with Crippen molar-refractivity contribution in [3.05, 3.63) is 29.3 Å². The summed E-state index contributed by atoms with van der Waals surface area (Å²) < 4.78 is 0. The van der Waals surface area contributed by atoms with Gasteiger partial charge in [0.2, 0.25) is 11.8 Å². The topological polar surface area (TPSA) is 49.4 Å². The summed E-state index contributed by atoms with van der Waals surface area (Å²) in [4.78, 5) is 25.6. The average molecular weight is 302 g/mol. The zero-order valence-corrected chi connectivity index (χ0v) is 13.8. The summed E-state index contributed by atoms with van der Waals surface area (Å²) >= 11 is 0. The van der Waals surface area contributed by atoms with E-state index in [1.807, 2.05) is 26.0 Å². The number of carbonyl (C=O) groups excluding carboxylic acids is 2. The molecular formula is C18H26N2O2. The van der Waals surface area contributed by atoms with Crippen LogP contribution in [0.25, 0.3) is 0 Å². The number of hydrogen-bond donors (Lipinski definition) is 1. The van der Waals surface area contributed by atoms with E-state index < -0.39 is 0 Å². The molecule has 0 aliphatic heterocycles. The van der Waals surface area contributed by atoms with Gasteiger partial charge in [-0.1, -0.05) is 18.9 Å². The third kappa shape index (κ3) is 4.58. The molecule has 2 amide bonds. The monoisotopic (exact) mass is 302 g/mol. The van der Waals surface area contributed by atoms with Gasteiger partial charge in [0, 0.05) is 31.6 Å². The molecule has 2 rings (SSSR count). The molecule has 1 fully saturated rings. The van der Waals surface area contributed by atoms with Crippen LogP contribution in [0.5, 0.6) is 0 Å². The minimum Gasteiger partial charge on any atom is -0.353 e. The van der Waals surface area contributed by atoms with Crippen LogP contribution >= 0.6 is 0 Å². The molecule has 4 heteroatoms. The van der Waals surface area contributed by atoms with Crippen molar-refractivity contribution in [2.75, 3.05) is 11.4 Å². The molecule has 0 spiro atoms. The van der Waals surface area contributed by atoms with E-state index in [0.29, 0.717) is 19.0 Å². The van der Waals surface area contributed by atoms with Crippen LogP contribution in [0, 0.1) is 13.8 Å². The van der Waals surface area contributed by atoms with E-state index in [2.05, 4.69) is 11.4 Å². The number of aryl methyl sites for hydroxylation is 2. The predicted molar refractivity (Wildman–Crippen MR) is 89.0 cm³/mol. The van der Waals surface area contributed by atoms with E-state index in [4.69, 9.17) is 0 Å². The molecular weight excluding hydrogens is 276 g/mol. The van der Waals surface area contributed by atoms with Gasteiger partial charge in [-0.05, 0) is 49.9 Å².